The van der Waals surface area contributed by atoms with Crippen LogP contribution in [0.25, 0.3) is 0 Å². The molecule has 0 saturated heterocycles. The van der Waals surface area contributed by atoms with Crippen LogP contribution in [0.4, 0.5) is 5.69 Å². The Morgan fingerprint density at radius 3 is 2.88 bits per heavy atom. The van der Waals surface area contributed by atoms with Crippen LogP contribution in [0.15, 0.2) is 18.2 Å². The van der Waals surface area contributed by atoms with Gasteiger partial charge in [-0.05, 0) is 31.0 Å². The molecule has 0 saturated carbocycles. The highest BCUT2D eigenvalue weighted by atomic mass is 79.9. The summed E-state index contributed by atoms with van der Waals surface area (Å²) >= 11 is 3.28. The quantitative estimate of drug-likeness (QED) is 0.866. The van der Waals surface area contributed by atoms with Gasteiger partial charge in [0.15, 0.2) is 0 Å². The molecule has 84 valence electrons. The third-order valence-electron chi connectivity index (χ3n) is 2.27. The van der Waals surface area contributed by atoms with E-state index in [1.54, 1.807) is 12.1 Å². The van der Waals surface area contributed by atoms with Crippen molar-refractivity contribution in [3.8, 4) is 6.07 Å². The Hall–Kier alpha value is -1.34. The van der Waals surface area contributed by atoms with Crippen molar-refractivity contribution in [2.45, 2.75) is 25.1 Å². The number of anilines is 1. The van der Waals surface area contributed by atoms with Gasteiger partial charge in [-0.3, -0.25) is 4.79 Å². The summed E-state index contributed by atoms with van der Waals surface area (Å²) in [5.41, 5.74) is 2.19. The zero-order valence-electron chi connectivity index (χ0n) is 9.25. The molecule has 1 aromatic rings. The monoisotopic (exact) mass is 280 g/mol. The standard InChI is InChI=1S/C12H13BrN2O/c1-3-10(13)12(16)15-11-6-9(7-14)5-4-8(11)2/h4-6,10H,3H2,1-2H3,(H,15,16). The number of aryl methyl sites for hydroxylation is 1. The zero-order chi connectivity index (χ0) is 12.1. The van der Waals surface area contributed by atoms with Crippen LogP contribution < -0.4 is 5.32 Å². The molecule has 4 heteroatoms. The summed E-state index contributed by atoms with van der Waals surface area (Å²) < 4.78 is 0. The number of alkyl halides is 1. The third-order valence-corrected chi connectivity index (χ3v) is 3.33. The molecule has 0 aromatic heterocycles. The van der Waals surface area contributed by atoms with Gasteiger partial charge in [0.2, 0.25) is 5.91 Å². The van der Waals surface area contributed by atoms with Crippen molar-refractivity contribution in [1.29, 1.82) is 5.26 Å². The van der Waals surface area contributed by atoms with Crippen LogP contribution in [0.2, 0.25) is 0 Å². The topological polar surface area (TPSA) is 52.9 Å². The number of amides is 1. The van der Waals surface area contributed by atoms with Gasteiger partial charge in [-0.15, -0.1) is 0 Å². The van der Waals surface area contributed by atoms with Gasteiger partial charge >= 0.3 is 0 Å². The predicted molar refractivity (Wildman–Crippen MR) is 67.5 cm³/mol. The number of rotatable bonds is 3. The van der Waals surface area contributed by atoms with Crippen molar-refractivity contribution in [2.24, 2.45) is 0 Å². The first-order valence-electron chi connectivity index (χ1n) is 5.04. The first-order valence-corrected chi connectivity index (χ1v) is 5.95. The fourth-order valence-electron chi connectivity index (χ4n) is 1.22. The Balaban J connectivity index is 2.89. The van der Waals surface area contributed by atoms with Crippen molar-refractivity contribution in [2.75, 3.05) is 5.32 Å². The van der Waals surface area contributed by atoms with Crippen LogP contribution in [0.3, 0.4) is 0 Å². The van der Waals surface area contributed by atoms with Crippen LogP contribution in [0, 0.1) is 18.3 Å². The summed E-state index contributed by atoms with van der Waals surface area (Å²) in [5.74, 6) is -0.0827. The maximum absolute atomic E-state index is 11.7. The summed E-state index contributed by atoms with van der Waals surface area (Å²) in [4.78, 5) is 11.5. The summed E-state index contributed by atoms with van der Waals surface area (Å²) in [6, 6.07) is 7.29. The molecule has 1 unspecified atom stereocenters. The van der Waals surface area contributed by atoms with E-state index in [0.717, 1.165) is 12.0 Å². The molecule has 0 aliphatic heterocycles. The molecule has 1 amide bonds. The number of carbonyl (C=O) groups excluding carboxylic acids is 1. The molecule has 0 aliphatic carbocycles. The molecule has 1 N–H and O–H groups in total. The van der Waals surface area contributed by atoms with Crippen molar-refractivity contribution >= 4 is 27.5 Å². The minimum Gasteiger partial charge on any atom is -0.325 e. The molecular formula is C12H13BrN2O. The van der Waals surface area contributed by atoms with Crippen LogP contribution >= 0.6 is 15.9 Å². The van der Waals surface area contributed by atoms with Crippen molar-refractivity contribution in [3.63, 3.8) is 0 Å². The Morgan fingerprint density at radius 1 is 1.62 bits per heavy atom. The largest absolute Gasteiger partial charge is 0.325 e. The Labute approximate surface area is 104 Å². The second kappa shape index (κ2) is 5.66. The first kappa shape index (κ1) is 12.7. The van der Waals surface area contributed by atoms with Crippen LogP contribution in [-0.4, -0.2) is 10.7 Å². The average molecular weight is 281 g/mol. The van der Waals surface area contributed by atoms with E-state index in [-0.39, 0.29) is 10.7 Å². The van der Waals surface area contributed by atoms with Gasteiger partial charge < -0.3 is 5.32 Å². The van der Waals surface area contributed by atoms with E-state index in [1.807, 2.05) is 26.0 Å². The summed E-state index contributed by atoms with van der Waals surface area (Å²) in [6.45, 7) is 3.82. The minimum atomic E-state index is -0.197. The number of hydrogen-bond acceptors (Lipinski definition) is 2. The van der Waals surface area contributed by atoms with Crippen molar-refractivity contribution in [3.05, 3.63) is 29.3 Å². The fraction of sp³-hybridized carbons (Fsp3) is 0.333. The van der Waals surface area contributed by atoms with Gasteiger partial charge in [-0.2, -0.15) is 5.26 Å². The maximum atomic E-state index is 11.7. The van der Waals surface area contributed by atoms with E-state index in [0.29, 0.717) is 11.3 Å². The Kier molecular flexibility index (Phi) is 4.51. The lowest BCUT2D eigenvalue weighted by molar-refractivity contribution is -0.115. The number of benzene rings is 1. The van der Waals surface area contributed by atoms with Gasteiger partial charge in [0.1, 0.15) is 0 Å². The molecule has 0 heterocycles. The number of hydrogen-bond donors (Lipinski definition) is 1. The minimum absolute atomic E-state index is 0.0827. The van der Waals surface area contributed by atoms with Crippen molar-refractivity contribution < 1.29 is 4.79 Å². The van der Waals surface area contributed by atoms with Gasteiger partial charge in [0.25, 0.3) is 0 Å². The molecule has 0 fully saturated rings. The van der Waals surface area contributed by atoms with E-state index < -0.39 is 0 Å². The lowest BCUT2D eigenvalue weighted by Gasteiger charge is -2.11. The second-order valence-electron chi connectivity index (χ2n) is 3.51. The molecule has 1 rings (SSSR count). The molecule has 0 bridgehead atoms. The predicted octanol–water partition coefficient (Wildman–Crippen LogP) is 2.98. The molecule has 0 radical (unpaired) electrons. The molecule has 3 nitrogen and oxygen atoms in total. The molecule has 16 heavy (non-hydrogen) atoms. The van der Waals surface area contributed by atoms with E-state index >= 15 is 0 Å². The number of carbonyl (C=O) groups is 1. The molecule has 0 spiro atoms. The number of halogens is 1. The SMILES string of the molecule is CCC(Br)C(=O)Nc1cc(C#N)ccc1C. The van der Waals surface area contributed by atoms with E-state index in [2.05, 4.69) is 21.2 Å². The lowest BCUT2D eigenvalue weighted by atomic mass is 10.1. The van der Waals surface area contributed by atoms with Gasteiger partial charge in [0, 0.05) is 5.69 Å². The smallest absolute Gasteiger partial charge is 0.238 e. The summed E-state index contributed by atoms with van der Waals surface area (Å²) in [6.07, 6.45) is 0.725. The molecule has 1 aromatic carbocycles. The van der Waals surface area contributed by atoms with Crippen LogP contribution in [0.1, 0.15) is 24.5 Å². The summed E-state index contributed by atoms with van der Waals surface area (Å²) in [7, 11) is 0. The van der Waals surface area contributed by atoms with Gasteiger partial charge in [-0.1, -0.05) is 28.9 Å². The highest BCUT2D eigenvalue weighted by Gasteiger charge is 2.13. The number of nitrogens with one attached hydrogen (secondary N) is 1. The highest BCUT2D eigenvalue weighted by Crippen LogP contribution is 2.18. The van der Waals surface area contributed by atoms with E-state index in [1.165, 1.54) is 0 Å². The van der Waals surface area contributed by atoms with E-state index in [4.69, 9.17) is 5.26 Å². The average Bonchev–Trinajstić information content (AvgIpc) is 2.30. The first-order chi connectivity index (χ1) is 7.58. The second-order valence-corrected chi connectivity index (χ2v) is 4.61. The summed E-state index contributed by atoms with van der Waals surface area (Å²) in [5, 5.41) is 11.6. The van der Waals surface area contributed by atoms with Gasteiger partial charge in [-0.25, -0.2) is 0 Å². The lowest BCUT2D eigenvalue weighted by Crippen LogP contribution is -2.22. The van der Waals surface area contributed by atoms with Crippen molar-refractivity contribution in [1.82, 2.24) is 0 Å². The van der Waals surface area contributed by atoms with E-state index in [9.17, 15) is 4.79 Å². The molecule has 0 aliphatic rings. The molecule has 1 atom stereocenters. The number of nitrogens with zero attached hydrogens (tertiary/aromatic N) is 1. The fourth-order valence-corrected chi connectivity index (χ4v) is 1.34. The maximum Gasteiger partial charge on any atom is 0.238 e. The number of nitriles is 1. The Bertz CT molecular complexity index is 437. The normalized spacial score (nSPS) is 11.6. The van der Waals surface area contributed by atoms with Gasteiger partial charge in [0.05, 0.1) is 16.5 Å². The highest BCUT2D eigenvalue weighted by molar-refractivity contribution is 9.10. The van der Waals surface area contributed by atoms with Crippen LogP contribution in [0.5, 0.6) is 0 Å². The third kappa shape index (κ3) is 3.07. The van der Waals surface area contributed by atoms with Crippen LogP contribution in [-0.2, 0) is 4.79 Å². The molecular weight excluding hydrogens is 268 g/mol. The Morgan fingerprint density at radius 2 is 2.31 bits per heavy atom. The zero-order valence-corrected chi connectivity index (χ0v) is 10.8.